The van der Waals surface area contributed by atoms with Gasteiger partial charge in [-0.3, -0.25) is 4.57 Å². The zero-order valence-corrected chi connectivity index (χ0v) is 12.8. The van der Waals surface area contributed by atoms with E-state index in [1.165, 1.54) is 20.0 Å². The van der Waals surface area contributed by atoms with Gasteiger partial charge in [-0.1, -0.05) is 26.2 Å². The Bertz CT molecular complexity index is 323. The van der Waals surface area contributed by atoms with Crippen molar-refractivity contribution in [2.24, 2.45) is 0 Å². The maximum Gasteiger partial charge on any atom is 0.353 e. The van der Waals surface area contributed by atoms with E-state index in [0.29, 0.717) is 6.42 Å². The molecule has 0 aromatic heterocycles. The average molecular weight is 292 g/mol. The maximum absolute atomic E-state index is 11.8. The fourth-order valence-electron chi connectivity index (χ4n) is 2.14. The van der Waals surface area contributed by atoms with Gasteiger partial charge in [0, 0.05) is 26.5 Å². The molecule has 0 aromatic rings. The summed E-state index contributed by atoms with van der Waals surface area (Å²) in [5, 5.41) is 9.91. The van der Waals surface area contributed by atoms with Gasteiger partial charge in [-0.25, -0.2) is 0 Å². The van der Waals surface area contributed by atoms with Gasteiger partial charge in [0.25, 0.3) is 0 Å². The average Bonchev–Trinajstić information content (AvgIpc) is 2.77. The lowest BCUT2D eigenvalue weighted by Crippen LogP contribution is -2.20. The number of aliphatic hydroxyl groups is 1. The monoisotopic (exact) mass is 292 g/mol. The first kappa shape index (κ1) is 16.9. The van der Waals surface area contributed by atoms with Crippen molar-refractivity contribution in [3.8, 4) is 0 Å². The minimum Gasteiger partial charge on any atom is -0.390 e. The lowest BCUT2D eigenvalue weighted by Gasteiger charge is -2.13. The van der Waals surface area contributed by atoms with Gasteiger partial charge in [0.1, 0.15) is 0 Å². The predicted octanol–water partition coefficient (Wildman–Crippen LogP) is 3.08. The smallest absolute Gasteiger partial charge is 0.353 e. The van der Waals surface area contributed by atoms with Crippen molar-refractivity contribution in [2.45, 2.75) is 57.3 Å². The molecule has 1 N–H and O–H groups in total. The van der Waals surface area contributed by atoms with Crippen molar-refractivity contribution in [1.82, 2.24) is 0 Å². The van der Waals surface area contributed by atoms with E-state index in [0.717, 1.165) is 25.7 Å². The largest absolute Gasteiger partial charge is 0.390 e. The van der Waals surface area contributed by atoms with E-state index in [-0.39, 0.29) is 12.2 Å². The van der Waals surface area contributed by atoms with Crippen LogP contribution in [-0.4, -0.2) is 37.6 Å². The summed E-state index contributed by atoms with van der Waals surface area (Å²) in [7, 11) is -0.462. The molecular weight excluding hydrogens is 267 g/mol. The first-order valence-corrected chi connectivity index (χ1v) is 8.40. The lowest BCUT2D eigenvalue weighted by atomic mass is 10.1. The summed E-state index contributed by atoms with van der Waals surface area (Å²) in [4.78, 5) is 0. The number of hydrogen-bond donors (Lipinski definition) is 1. The molecule has 0 saturated carbocycles. The molecule has 1 rings (SSSR count). The summed E-state index contributed by atoms with van der Waals surface area (Å²) >= 11 is 0. The van der Waals surface area contributed by atoms with Gasteiger partial charge in [-0.05, 0) is 12.5 Å². The van der Waals surface area contributed by atoms with E-state index in [1.807, 2.05) is 0 Å². The van der Waals surface area contributed by atoms with Crippen molar-refractivity contribution in [2.75, 3.05) is 14.2 Å². The Hall–Kier alpha value is -0.190. The first-order valence-electron chi connectivity index (χ1n) is 6.78. The summed E-state index contributed by atoms with van der Waals surface area (Å²) in [5.74, 6) is 1.40. The summed E-state index contributed by atoms with van der Waals surface area (Å²) < 4.78 is 27.2. The molecule has 3 atom stereocenters. The molecule has 19 heavy (non-hydrogen) atoms. The Labute approximate surface area is 115 Å². The van der Waals surface area contributed by atoms with Crippen LogP contribution in [0.4, 0.5) is 0 Å². The Morgan fingerprint density at radius 1 is 1.37 bits per heavy atom. The minimum atomic E-state index is -3.14. The van der Waals surface area contributed by atoms with E-state index in [1.54, 1.807) is 6.08 Å². The van der Waals surface area contributed by atoms with E-state index < -0.39 is 13.7 Å². The normalized spacial score (nSPS) is 28.3. The van der Waals surface area contributed by atoms with Crippen LogP contribution in [0.1, 0.15) is 39.0 Å². The summed E-state index contributed by atoms with van der Waals surface area (Å²) in [6.07, 6.45) is 5.63. The van der Waals surface area contributed by atoms with E-state index >= 15 is 0 Å². The predicted molar refractivity (Wildman–Crippen MR) is 74.2 cm³/mol. The molecule has 0 amide bonds. The molecule has 5 nitrogen and oxygen atoms in total. The van der Waals surface area contributed by atoms with Crippen molar-refractivity contribution >= 4 is 7.60 Å². The number of aliphatic hydroxyl groups excluding tert-OH is 1. The van der Waals surface area contributed by atoms with Crippen LogP contribution in [0.2, 0.25) is 0 Å². The Kier molecular flexibility index (Phi) is 7.26. The van der Waals surface area contributed by atoms with Gasteiger partial charge in [0.05, 0.1) is 18.3 Å². The molecule has 0 bridgehead atoms. The van der Waals surface area contributed by atoms with Crippen molar-refractivity contribution < 1.29 is 23.5 Å². The highest BCUT2D eigenvalue weighted by atomic mass is 31.2. The van der Waals surface area contributed by atoms with E-state index in [4.69, 9.17) is 13.8 Å². The molecule has 1 fully saturated rings. The van der Waals surface area contributed by atoms with Crippen LogP contribution in [0.5, 0.6) is 0 Å². The third kappa shape index (κ3) is 5.36. The van der Waals surface area contributed by atoms with Crippen LogP contribution in [0.25, 0.3) is 0 Å². The SMILES string of the molecule is CCCCC[C@@H]1O[C@@H](/C=C/P(=O)(OC)OC)C[C@@H]1O. The molecule has 6 heteroatoms. The van der Waals surface area contributed by atoms with Gasteiger partial charge in [0.2, 0.25) is 0 Å². The van der Waals surface area contributed by atoms with Crippen molar-refractivity contribution in [3.05, 3.63) is 11.9 Å². The van der Waals surface area contributed by atoms with Crippen molar-refractivity contribution in [3.63, 3.8) is 0 Å². The second kappa shape index (κ2) is 8.18. The highest BCUT2D eigenvalue weighted by Gasteiger charge is 2.32. The quantitative estimate of drug-likeness (QED) is 0.550. The minimum absolute atomic E-state index is 0.120. The van der Waals surface area contributed by atoms with Crippen LogP contribution in [0, 0.1) is 0 Å². The summed E-state index contributed by atoms with van der Waals surface area (Å²) in [6, 6.07) is 0. The zero-order valence-electron chi connectivity index (χ0n) is 11.9. The number of ether oxygens (including phenoxy) is 1. The Morgan fingerprint density at radius 3 is 2.63 bits per heavy atom. The highest BCUT2D eigenvalue weighted by molar-refractivity contribution is 7.57. The van der Waals surface area contributed by atoms with Crippen LogP contribution >= 0.6 is 7.60 Å². The second-order valence-electron chi connectivity index (χ2n) is 4.76. The third-order valence-electron chi connectivity index (χ3n) is 3.34. The van der Waals surface area contributed by atoms with Crippen LogP contribution < -0.4 is 0 Å². The molecule has 1 saturated heterocycles. The molecule has 1 aliphatic heterocycles. The van der Waals surface area contributed by atoms with Crippen LogP contribution in [0.15, 0.2) is 11.9 Å². The molecule has 0 radical (unpaired) electrons. The lowest BCUT2D eigenvalue weighted by molar-refractivity contribution is 0.0178. The Balaban J connectivity index is 2.46. The third-order valence-corrected chi connectivity index (χ3v) is 4.89. The number of unbranched alkanes of at least 4 members (excludes halogenated alkanes) is 2. The van der Waals surface area contributed by atoms with Gasteiger partial charge >= 0.3 is 7.60 Å². The molecule has 0 aliphatic carbocycles. The molecule has 0 aromatic carbocycles. The van der Waals surface area contributed by atoms with Gasteiger partial charge in [-0.2, -0.15) is 0 Å². The number of hydrogen-bond acceptors (Lipinski definition) is 5. The molecule has 0 unspecified atom stereocenters. The molecule has 0 spiro atoms. The second-order valence-corrected chi connectivity index (χ2v) is 6.87. The fraction of sp³-hybridized carbons (Fsp3) is 0.846. The van der Waals surface area contributed by atoms with Gasteiger partial charge < -0.3 is 18.9 Å². The van der Waals surface area contributed by atoms with Crippen LogP contribution in [-0.2, 0) is 18.3 Å². The zero-order chi connectivity index (χ0) is 14.3. The topological polar surface area (TPSA) is 65.0 Å². The molecular formula is C13H25O5P. The van der Waals surface area contributed by atoms with Crippen molar-refractivity contribution in [1.29, 1.82) is 0 Å². The highest BCUT2D eigenvalue weighted by Crippen LogP contribution is 2.48. The van der Waals surface area contributed by atoms with Gasteiger partial charge in [0.15, 0.2) is 0 Å². The Morgan fingerprint density at radius 2 is 2.05 bits per heavy atom. The number of rotatable bonds is 8. The molecule has 1 heterocycles. The standard InChI is InChI=1S/C13H25O5P/c1-4-5-6-7-13-12(14)10-11(18-13)8-9-19(15,16-2)17-3/h8-9,11-14H,4-7,10H2,1-3H3/b9-8+/t11-,12-,13-/m0/s1. The van der Waals surface area contributed by atoms with E-state index in [9.17, 15) is 9.67 Å². The summed E-state index contributed by atoms with van der Waals surface area (Å²) in [6.45, 7) is 2.14. The fourth-order valence-corrected chi connectivity index (χ4v) is 2.93. The van der Waals surface area contributed by atoms with Gasteiger partial charge in [-0.15, -0.1) is 0 Å². The first-order chi connectivity index (χ1) is 9.04. The summed E-state index contributed by atoms with van der Waals surface area (Å²) in [5.41, 5.74) is 0. The van der Waals surface area contributed by atoms with Crippen LogP contribution in [0.3, 0.4) is 0 Å². The maximum atomic E-state index is 11.8. The van der Waals surface area contributed by atoms with E-state index in [2.05, 4.69) is 6.92 Å². The molecule has 1 aliphatic rings. The molecule has 112 valence electrons.